The Kier molecular flexibility index (Phi) is 5.64. The Labute approximate surface area is 165 Å². The molecule has 2 aromatic carbocycles. The lowest BCUT2D eigenvalue weighted by molar-refractivity contribution is 0.0917. The van der Waals surface area contributed by atoms with Crippen LogP contribution in [0.25, 0.3) is 0 Å². The monoisotopic (exact) mass is 376 g/mol. The molecule has 1 aromatic heterocycles. The van der Waals surface area contributed by atoms with Crippen LogP contribution in [0.15, 0.2) is 77.4 Å². The molecular weight excluding hydrogens is 352 g/mol. The molecule has 0 aliphatic heterocycles. The lowest BCUT2D eigenvalue weighted by Crippen LogP contribution is -2.40. The fourth-order valence-corrected chi connectivity index (χ4v) is 2.78. The number of hydrogen-bond donors (Lipinski definition) is 1. The normalized spacial score (nSPS) is 11.1. The van der Waals surface area contributed by atoms with Crippen LogP contribution in [0.2, 0.25) is 0 Å². The summed E-state index contributed by atoms with van der Waals surface area (Å²) in [5.41, 5.74) is 1.48. The highest BCUT2D eigenvalue weighted by Gasteiger charge is 2.20. The highest BCUT2D eigenvalue weighted by atomic mass is 16.3. The van der Waals surface area contributed by atoms with Gasteiger partial charge in [0.1, 0.15) is 5.76 Å². The van der Waals surface area contributed by atoms with Gasteiger partial charge in [0.15, 0.2) is 0 Å². The van der Waals surface area contributed by atoms with E-state index in [1.54, 1.807) is 41.5 Å². The Morgan fingerprint density at radius 3 is 2.11 bits per heavy atom. The minimum absolute atomic E-state index is 0.162. The molecule has 3 aromatic rings. The van der Waals surface area contributed by atoms with Gasteiger partial charge in [-0.1, -0.05) is 18.2 Å². The number of hydrogen-bond acceptors (Lipinski definition) is 3. The number of para-hydroxylation sites is 1. The topological polar surface area (TPSA) is 62.6 Å². The Morgan fingerprint density at radius 1 is 0.893 bits per heavy atom. The Hall–Kier alpha value is -3.34. The summed E-state index contributed by atoms with van der Waals surface area (Å²) in [5, 5.41) is 2.92. The van der Waals surface area contributed by atoms with Crippen LogP contribution in [0.3, 0.4) is 0 Å². The molecule has 1 N–H and O–H groups in total. The van der Waals surface area contributed by atoms with Crippen molar-refractivity contribution in [3.63, 3.8) is 0 Å². The highest BCUT2D eigenvalue weighted by molar-refractivity contribution is 6.06. The van der Waals surface area contributed by atoms with E-state index in [4.69, 9.17) is 4.42 Å². The summed E-state index contributed by atoms with van der Waals surface area (Å²) in [4.78, 5) is 27.1. The van der Waals surface area contributed by atoms with Gasteiger partial charge in [-0.25, -0.2) is 0 Å². The van der Waals surface area contributed by atoms with Crippen molar-refractivity contribution < 1.29 is 14.0 Å². The summed E-state index contributed by atoms with van der Waals surface area (Å²) in [6.07, 6.45) is 1.59. The van der Waals surface area contributed by atoms with E-state index in [-0.39, 0.29) is 17.4 Å². The average molecular weight is 376 g/mol. The van der Waals surface area contributed by atoms with Crippen LogP contribution in [0.5, 0.6) is 0 Å². The SMILES string of the molecule is CC(C)(C)NC(=O)c1ccc(C(=O)N(Cc2ccco2)c2ccccc2)cc1. The first-order valence-corrected chi connectivity index (χ1v) is 9.15. The lowest BCUT2D eigenvalue weighted by atomic mass is 10.1. The summed E-state index contributed by atoms with van der Waals surface area (Å²) in [5.74, 6) is 0.366. The average Bonchev–Trinajstić information content (AvgIpc) is 3.18. The van der Waals surface area contributed by atoms with Gasteiger partial charge in [0.2, 0.25) is 0 Å². The summed E-state index contributed by atoms with van der Waals surface area (Å²) < 4.78 is 5.42. The van der Waals surface area contributed by atoms with E-state index in [9.17, 15) is 9.59 Å². The third-order valence-corrected chi connectivity index (χ3v) is 4.09. The van der Waals surface area contributed by atoms with Gasteiger partial charge in [-0.3, -0.25) is 9.59 Å². The number of nitrogens with zero attached hydrogens (tertiary/aromatic N) is 1. The maximum atomic E-state index is 13.2. The molecule has 3 rings (SSSR count). The lowest BCUT2D eigenvalue weighted by Gasteiger charge is -2.22. The molecule has 144 valence electrons. The van der Waals surface area contributed by atoms with Crippen LogP contribution in [0.4, 0.5) is 5.69 Å². The molecule has 0 bridgehead atoms. The van der Waals surface area contributed by atoms with Crippen molar-refractivity contribution in [2.75, 3.05) is 4.90 Å². The molecule has 0 atom stereocenters. The summed E-state index contributed by atoms with van der Waals surface area (Å²) in [7, 11) is 0. The zero-order chi connectivity index (χ0) is 20.1. The molecule has 0 radical (unpaired) electrons. The van der Waals surface area contributed by atoms with Crippen LogP contribution in [0, 0.1) is 0 Å². The van der Waals surface area contributed by atoms with Crippen LogP contribution >= 0.6 is 0 Å². The number of rotatable bonds is 5. The molecule has 5 nitrogen and oxygen atoms in total. The molecule has 0 fully saturated rings. The fourth-order valence-electron chi connectivity index (χ4n) is 2.78. The van der Waals surface area contributed by atoms with E-state index in [1.807, 2.05) is 57.2 Å². The number of benzene rings is 2. The Morgan fingerprint density at radius 2 is 1.54 bits per heavy atom. The first kappa shape index (κ1) is 19.4. The van der Waals surface area contributed by atoms with Crippen molar-refractivity contribution in [3.8, 4) is 0 Å². The smallest absolute Gasteiger partial charge is 0.258 e. The van der Waals surface area contributed by atoms with Crippen LogP contribution in [0.1, 0.15) is 47.2 Å². The largest absolute Gasteiger partial charge is 0.467 e. The second-order valence-electron chi connectivity index (χ2n) is 7.59. The molecule has 0 spiro atoms. The Balaban J connectivity index is 1.83. The van der Waals surface area contributed by atoms with Crippen LogP contribution < -0.4 is 10.2 Å². The molecule has 0 aliphatic rings. The zero-order valence-corrected chi connectivity index (χ0v) is 16.3. The predicted molar refractivity (Wildman–Crippen MR) is 109 cm³/mol. The van der Waals surface area contributed by atoms with E-state index >= 15 is 0 Å². The molecular formula is C23H24N2O3. The molecule has 5 heteroatoms. The number of carbonyl (C=O) groups excluding carboxylic acids is 2. The van der Waals surface area contributed by atoms with Crippen molar-refractivity contribution in [1.29, 1.82) is 0 Å². The maximum Gasteiger partial charge on any atom is 0.258 e. The van der Waals surface area contributed by atoms with Gasteiger partial charge in [-0.2, -0.15) is 0 Å². The second-order valence-corrected chi connectivity index (χ2v) is 7.59. The van der Waals surface area contributed by atoms with Gasteiger partial charge in [0.25, 0.3) is 11.8 Å². The number of amides is 2. The van der Waals surface area contributed by atoms with Crippen molar-refractivity contribution in [3.05, 3.63) is 89.9 Å². The van der Waals surface area contributed by atoms with Gasteiger partial charge in [0.05, 0.1) is 12.8 Å². The van der Waals surface area contributed by atoms with E-state index in [1.165, 1.54) is 0 Å². The molecule has 2 amide bonds. The van der Waals surface area contributed by atoms with E-state index in [0.717, 1.165) is 5.69 Å². The third-order valence-electron chi connectivity index (χ3n) is 4.09. The maximum absolute atomic E-state index is 13.2. The summed E-state index contributed by atoms with van der Waals surface area (Å²) >= 11 is 0. The third kappa shape index (κ3) is 4.88. The van der Waals surface area contributed by atoms with Crippen molar-refractivity contribution >= 4 is 17.5 Å². The molecule has 1 heterocycles. The molecule has 0 saturated carbocycles. The van der Waals surface area contributed by atoms with Gasteiger partial charge < -0.3 is 14.6 Å². The number of carbonyl (C=O) groups is 2. The van der Waals surface area contributed by atoms with Gasteiger partial charge in [-0.05, 0) is 69.3 Å². The highest BCUT2D eigenvalue weighted by Crippen LogP contribution is 2.20. The van der Waals surface area contributed by atoms with E-state index < -0.39 is 0 Å². The van der Waals surface area contributed by atoms with Crippen molar-refractivity contribution in [2.45, 2.75) is 32.9 Å². The zero-order valence-electron chi connectivity index (χ0n) is 16.3. The van der Waals surface area contributed by atoms with Gasteiger partial charge in [-0.15, -0.1) is 0 Å². The standard InChI is InChI=1S/C23H24N2O3/c1-23(2,3)24-21(26)17-11-13-18(14-12-17)22(27)25(16-20-10-7-15-28-20)19-8-5-4-6-9-19/h4-15H,16H2,1-3H3,(H,24,26). The number of anilines is 1. The van der Waals surface area contributed by atoms with E-state index in [2.05, 4.69) is 5.32 Å². The Bertz CT molecular complexity index is 924. The molecule has 28 heavy (non-hydrogen) atoms. The molecule has 0 saturated heterocycles. The molecule has 0 aliphatic carbocycles. The quantitative estimate of drug-likeness (QED) is 0.705. The summed E-state index contributed by atoms with van der Waals surface area (Å²) in [6.45, 7) is 6.10. The van der Waals surface area contributed by atoms with Gasteiger partial charge >= 0.3 is 0 Å². The van der Waals surface area contributed by atoms with Crippen LogP contribution in [-0.2, 0) is 6.54 Å². The fraction of sp³-hybridized carbons (Fsp3) is 0.217. The van der Waals surface area contributed by atoms with E-state index in [0.29, 0.717) is 23.4 Å². The molecule has 0 unspecified atom stereocenters. The van der Waals surface area contributed by atoms with Gasteiger partial charge in [0, 0.05) is 22.4 Å². The minimum Gasteiger partial charge on any atom is -0.467 e. The summed E-state index contributed by atoms with van der Waals surface area (Å²) in [6, 6.07) is 19.8. The second kappa shape index (κ2) is 8.13. The predicted octanol–water partition coefficient (Wildman–Crippen LogP) is 4.65. The first-order valence-electron chi connectivity index (χ1n) is 9.15. The first-order chi connectivity index (χ1) is 13.3. The van der Waals surface area contributed by atoms with Crippen molar-refractivity contribution in [1.82, 2.24) is 5.32 Å². The minimum atomic E-state index is -0.321. The number of nitrogens with one attached hydrogen (secondary N) is 1. The number of furan rings is 1. The van der Waals surface area contributed by atoms with Crippen LogP contribution in [-0.4, -0.2) is 17.4 Å². The van der Waals surface area contributed by atoms with Crippen molar-refractivity contribution in [2.24, 2.45) is 0 Å².